The number of para-hydroxylation sites is 1. The van der Waals surface area contributed by atoms with Gasteiger partial charge >= 0.3 is 5.97 Å². The number of esters is 1. The Balaban J connectivity index is 1.82. The van der Waals surface area contributed by atoms with Gasteiger partial charge in [-0.15, -0.1) is 0 Å². The predicted molar refractivity (Wildman–Crippen MR) is 118 cm³/mol. The molecule has 0 radical (unpaired) electrons. The average molecular weight is 399 g/mol. The van der Waals surface area contributed by atoms with Crippen LogP contribution in [0.4, 0.5) is 5.69 Å². The second-order valence-electron chi connectivity index (χ2n) is 6.95. The summed E-state index contributed by atoms with van der Waals surface area (Å²) in [5.41, 5.74) is 2.73. The Kier molecular flexibility index (Phi) is 5.35. The number of carbonyl (C=O) groups excluding carboxylic acids is 1. The van der Waals surface area contributed by atoms with E-state index in [9.17, 15) is 9.59 Å². The molecule has 0 saturated carbocycles. The molecule has 0 aliphatic rings. The zero-order valence-corrected chi connectivity index (χ0v) is 16.8. The lowest BCUT2D eigenvalue weighted by molar-refractivity contribution is 0.0736. The Morgan fingerprint density at radius 2 is 1.73 bits per heavy atom. The summed E-state index contributed by atoms with van der Waals surface area (Å²) in [7, 11) is 0. The summed E-state index contributed by atoms with van der Waals surface area (Å²) in [6.07, 6.45) is 0. The van der Waals surface area contributed by atoms with Crippen LogP contribution in [-0.2, 0) is 0 Å². The molecule has 0 saturated heterocycles. The third kappa shape index (κ3) is 3.82. The average Bonchev–Trinajstić information content (AvgIpc) is 2.75. The summed E-state index contributed by atoms with van der Waals surface area (Å²) in [5, 5.41) is 3.53. The highest BCUT2D eigenvalue weighted by Gasteiger charge is 2.18. The molecule has 0 aliphatic heterocycles. The zero-order valence-electron chi connectivity index (χ0n) is 16.8. The molecule has 0 bridgehead atoms. The first-order valence-electron chi connectivity index (χ1n) is 9.76. The molecule has 3 aromatic carbocycles. The maximum Gasteiger partial charge on any atom is 0.345 e. The normalized spacial score (nSPS) is 10.7. The number of benzene rings is 3. The van der Waals surface area contributed by atoms with E-state index < -0.39 is 5.97 Å². The van der Waals surface area contributed by atoms with Crippen molar-refractivity contribution in [2.45, 2.75) is 13.8 Å². The van der Waals surface area contributed by atoms with Crippen LogP contribution >= 0.6 is 0 Å². The first kappa shape index (κ1) is 19.5. The number of aryl methyl sites for hydroxylation is 1. The van der Waals surface area contributed by atoms with E-state index in [1.165, 1.54) is 6.07 Å². The molecule has 0 spiro atoms. The molecule has 4 rings (SSSR count). The minimum atomic E-state index is -0.522. The minimum Gasteiger partial charge on any atom is -0.452 e. The fourth-order valence-electron chi connectivity index (χ4n) is 3.35. The molecule has 0 atom stereocenters. The largest absolute Gasteiger partial charge is 0.452 e. The van der Waals surface area contributed by atoms with E-state index >= 15 is 0 Å². The molecule has 1 aromatic heterocycles. The van der Waals surface area contributed by atoms with Gasteiger partial charge in [-0.3, -0.25) is 4.79 Å². The van der Waals surface area contributed by atoms with E-state index in [2.05, 4.69) is 5.32 Å². The van der Waals surface area contributed by atoms with Crippen LogP contribution in [0.1, 0.15) is 22.8 Å². The van der Waals surface area contributed by atoms with E-state index in [1.807, 2.05) is 56.3 Å². The Hall–Kier alpha value is -3.86. The van der Waals surface area contributed by atoms with Crippen molar-refractivity contribution >= 4 is 22.6 Å². The van der Waals surface area contributed by atoms with Gasteiger partial charge in [0, 0.05) is 23.9 Å². The van der Waals surface area contributed by atoms with Crippen molar-refractivity contribution in [2.75, 3.05) is 11.9 Å². The van der Waals surface area contributed by atoms with E-state index in [1.54, 1.807) is 24.3 Å². The van der Waals surface area contributed by atoms with Crippen molar-refractivity contribution in [3.05, 3.63) is 94.1 Å². The summed E-state index contributed by atoms with van der Waals surface area (Å²) < 4.78 is 11.8. The first-order chi connectivity index (χ1) is 14.6. The molecule has 1 N–H and O–H groups in total. The second-order valence-corrected chi connectivity index (χ2v) is 6.95. The van der Waals surface area contributed by atoms with Crippen LogP contribution in [-0.4, -0.2) is 12.5 Å². The van der Waals surface area contributed by atoms with Crippen LogP contribution in [0.5, 0.6) is 5.75 Å². The van der Waals surface area contributed by atoms with Crippen LogP contribution in [0, 0.1) is 6.92 Å². The van der Waals surface area contributed by atoms with Crippen LogP contribution in [0.25, 0.3) is 22.3 Å². The zero-order chi connectivity index (χ0) is 21.1. The summed E-state index contributed by atoms with van der Waals surface area (Å²) in [6.45, 7) is 4.47. The molecular formula is C25H21NO4. The highest BCUT2D eigenvalue weighted by Crippen LogP contribution is 2.31. The SMILES string of the molecule is CCNc1ccccc1C(=O)Oc1cc(C)cc2c(=O)cc(-c3ccccc3)oc12. The molecular weight excluding hydrogens is 378 g/mol. The summed E-state index contributed by atoms with van der Waals surface area (Å²) in [5.74, 6) is 0.115. The number of nitrogens with one attached hydrogen (secondary N) is 1. The quantitative estimate of drug-likeness (QED) is 0.358. The van der Waals surface area contributed by atoms with E-state index in [-0.39, 0.29) is 16.8 Å². The summed E-state index contributed by atoms with van der Waals surface area (Å²) in [6, 6.07) is 21.4. The maximum atomic E-state index is 12.9. The molecule has 0 unspecified atom stereocenters. The fourth-order valence-corrected chi connectivity index (χ4v) is 3.35. The van der Waals surface area contributed by atoms with Crippen molar-refractivity contribution < 1.29 is 13.9 Å². The van der Waals surface area contributed by atoms with Crippen LogP contribution in [0.2, 0.25) is 0 Å². The summed E-state index contributed by atoms with van der Waals surface area (Å²) >= 11 is 0. The molecule has 4 aromatic rings. The Labute approximate surface area is 173 Å². The monoisotopic (exact) mass is 399 g/mol. The van der Waals surface area contributed by atoms with Crippen molar-refractivity contribution in [3.63, 3.8) is 0 Å². The van der Waals surface area contributed by atoms with Gasteiger partial charge in [0.25, 0.3) is 0 Å². The van der Waals surface area contributed by atoms with Gasteiger partial charge in [-0.1, -0.05) is 42.5 Å². The van der Waals surface area contributed by atoms with E-state index in [0.717, 1.165) is 11.1 Å². The van der Waals surface area contributed by atoms with Crippen molar-refractivity contribution in [1.82, 2.24) is 0 Å². The van der Waals surface area contributed by atoms with Gasteiger partial charge in [-0.2, -0.15) is 0 Å². The van der Waals surface area contributed by atoms with E-state index in [0.29, 0.717) is 28.9 Å². The number of ether oxygens (including phenoxy) is 1. The molecule has 0 aliphatic carbocycles. The molecule has 5 heteroatoms. The lowest BCUT2D eigenvalue weighted by Crippen LogP contribution is -2.13. The lowest BCUT2D eigenvalue weighted by atomic mass is 10.1. The van der Waals surface area contributed by atoms with Gasteiger partial charge in [0.2, 0.25) is 0 Å². The van der Waals surface area contributed by atoms with Crippen LogP contribution in [0.15, 0.2) is 82.0 Å². The number of fused-ring (bicyclic) bond motifs is 1. The van der Waals surface area contributed by atoms with Crippen molar-refractivity contribution in [1.29, 1.82) is 0 Å². The smallest absolute Gasteiger partial charge is 0.345 e. The first-order valence-corrected chi connectivity index (χ1v) is 9.76. The standard InChI is InChI=1S/C25H21NO4/c1-3-26-20-12-8-7-11-18(20)25(28)30-23-14-16(2)13-19-21(27)15-22(29-24(19)23)17-9-5-4-6-10-17/h4-15,26H,3H2,1-2H3. The lowest BCUT2D eigenvalue weighted by Gasteiger charge is -2.12. The second kappa shape index (κ2) is 8.25. The Bertz CT molecular complexity index is 1280. The Morgan fingerprint density at radius 1 is 1.00 bits per heavy atom. The number of rotatable bonds is 5. The molecule has 150 valence electrons. The fraction of sp³-hybridized carbons (Fsp3) is 0.120. The Morgan fingerprint density at radius 3 is 2.50 bits per heavy atom. The highest BCUT2D eigenvalue weighted by atomic mass is 16.5. The van der Waals surface area contributed by atoms with Crippen LogP contribution in [0.3, 0.4) is 0 Å². The van der Waals surface area contributed by atoms with Gasteiger partial charge in [-0.05, 0) is 43.7 Å². The van der Waals surface area contributed by atoms with Crippen molar-refractivity contribution in [3.8, 4) is 17.1 Å². The van der Waals surface area contributed by atoms with Gasteiger partial charge in [0.1, 0.15) is 5.76 Å². The third-order valence-corrected chi connectivity index (χ3v) is 4.71. The molecule has 0 fully saturated rings. The number of carbonyl (C=O) groups is 1. The molecule has 0 amide bonds. The number of anilines is 1. The minimum absolute atomic E-state index is 0.191. The van der Waals surface area contributed by atoms with Crippen LogP contribution < -0.4 is 15.5 Å². The topological polar surface area (TPSA) is 68.5 Å². The van der Waals surface area contributed by atoms with Gasteiger partial charge in [-0.25, -0.2) is 4.79 Å². The van der Waals surface area contributed by atoms with Gasteiger partial charge in [0.05, 0.1) is 10.9 Å². The van der Waals surface area contributed by atoms with Crippen molar-refractivity contribution in [2.24, 2.45) is 0 Å². The molecule has 30 heavy (non-hydrogen) atoms. The maximum absolute atomic E-state index is 12.9. The van der Waals surface area contributed by atoms with Gasteiger partial charge < -0.3 is 14.5 Å². The molecule has 1 heterocycles. The number of hydrogen-bond donors (Lipinski definition) is 1. The predicted octanol–water partition coefficient (Wildman–Crippen LogP) is 5.42. The molecule has 5 nitrogen and oxygen atoms in total. The number of hydrogen-bond acceptors (Lipinski definition) is 5. The third-order valence-electron chi connectivity index (χ3n) is 4.71. The van der Waals surface area contributed by atoms with E-state index in [4.69, 9.17) is 9.15 Å². The highest BCUT2D eigenvalue weighted by molar-refractivity contribution is 5.98. The summed E-state index contributed by atoms with van der Waals surface area (Å²) in [4.78, 5) is 25.7. The van der Waals surface area contributed by atoms with Gasteiger partial charge in [0.15, 0.2) is 16.8 Å².